The number of hydrogen-bond acceptors (Lipinski definition) is 6. The second-order valence-electron chi connectivity index (χ2n) is 7.97. The number of carbonyl (C=O) groups is 1. The van der Waals surface area contributed by atoms with Crippen LogP contribution in [-0.2, 0) is 14.8 Å². The third-order valence-corrected chi connectivity index (χ3v) is 6.83. The predicted molar refractivity (Wildman–Crippen MR) is 129 cm³/mol. The van der Waals surface area contributed by atoms with E-state index in [2.05, 4.69) is 14.7 Å². The van der Waals surface area contributed by atoms with Crippen LogP contribution in [0.5, 0.6) is 0 Å². The molecule has 0 spiro atoms. The van der Waals surface area contributed by atoms with Crippen molar-refractivity contribution >= 4 is 32.6 Å². The summed E-state index contributed by atoms with van der Waals surface area (Å²) in [5.74, 6) is -0.401. The molecule has 0 aliphatic heterocycles. The number of sulfonamides is 1. The first kappa shape index (κ1) is 23.2. The van der Waals surface area contributed by atoms with Crippen molar-refractivity contribution in [2.45, 2.75) is 31.8 Å². The molecule has 2 N–H and O–H groups in total. The molecule has 9 heteroatoms. The number of fused-ring (bicyclic) bond motifs is 1. The van der Waals surface area contributed by atoms with Crippen molar-refractivity contribution in [3.63, 3.8) is 0 Å². The predicted octanol–water partition coefficient (Wildman–Crippen LogP) is 4.26. The molecule has 0 aliphatic rings. The van der Waals surface area contributed by atoms with Gasteiger partial charge in [0, 0.05) is 5.69 Å². The summed E-state index contributed by atoms with van der Waals surface area (Å²) in [6, 6.07) is 18.0. The summed E-state index contributed by atoms with van der Waals surface area (Å²) in [6.45, 7) is 5.16. The number of aromatic nitrogens is 2. The van der Waals surface area contributed by atoms with E-state index in [9.17, 15) is 18.0 Å². The number of aromatic amines is 1. The van der Waals surface area contributed by atoms with Crippen LogP contribution in [0.25, 0.3) is 10.9 Å². The van der Waals surface area contributed by atoms with Crippen LogP contribution in [-0.4, -0.2) is 24.4 Å². The number of esters is 1. The lowest BCUT2D eigenvalue weighted by molar-refractivity contribution is 0.0320. The van der Waals surface area contributed by atoms with E-state index in [0.29, 0.717) is 22.2 Å². The lowest BCUT2D eigenvalue weighted by atomic mass is 10.2. The highest BCUT2D eigenvalue weighted by Gasteiger charge is 2.19. The highest BCUT2D eigenvalue weighted by atomic mass is 32.2. The van der Waals surface area contributed by atoms with Gasteiger partial charge < -0.3 is 9.72 Å². The van der Waals surface area contributed by atoms with Gasteiger partial charge in [0.25, 0.3) is 15.6 Å². The summed E-state index contributed by atoms with van der Waals surface area (Å²) in [6.07, 6.45) is -0.799. The average molecular weight is 478 g/mol. The Morgan fingerprint density at radius 3 is 2.47 bits per heavy atom. The summed E-state index contributed by atoms with van der Waals surface area (Å²) in [5.41, 5.74) is 2.19. The first-order valence-corrected chi connectivity index (χ1v) is 12.0. The molecule has 0 saturated heterocycles. The number of nitrogens with zero attached hydrogens (tertiary/aromatic N) is 1. The Labute approximate surface area is 196 Å². The van der Waals surface area contributed by atoms with Gasteiger partial charge in [0.1, 0.15) is 0 Å². The number of hydrogen-bond donors (Lipinski definition) is 2. The summed E-state index contributed by atoms with van der Waals surface area (Å²) in [7, 11) is -3.78. The molecule has 0 saturated carbocycles. The fraction of sp³-hybridized carbons (Fsp3) is 0.160. The van der Waals surface area contributed by atoms with E-state index in [4.69, 9.17) is 4.74 Å². The zero-order valence-corrected chi connectivity index (χ0v) is 19.6. The molecule has 1 atom stereocenters. The van der Waals surface area contributed by atoms with E-state index in [1.54, 1.807) is 50.2 Å². The zero-order valence-electron chi connectivity index (χ0n) is 18.8. The van der Waals surface area contributed by atoms with Crippen molar-refractivity contribution in [2.75, 3.05) is 4.72 Å². The van der Waals surface area contributed by atoms with Gasteiger partial charge >= 0.3 is 5.97 Å². The van der Waals surface area contributed by atoms with Crippen molar-refractivity contribution in [2.24, 2.45) is 0 Å². The monoisotopic (exact) mass is 477 g/mol. The normalized spacial score (nSPS) is 12.3. The van der Waals surface area contributed by atoms with Gasteiger partial charge in [0.05, 0.1) is 21.4 Å². The molecule has 3 aromatic carbocycles. The Bertz CT molecular complexity index is 1540. The molecule has 0 aliphatic carbocycles. The number of nitrogens with one attached hydrogen (secondary N) is 2. The topological polar surface area (TPSA) is 118 Å². The van der Waals surface area contributed by atoms with Crippen LogP contribution in [0, 0.1) is 13.8 Å². The lowest BCUT2D eigenvalue weighted by Crippen LogP contribution is -2.17. The third kappa shape index (κ3) is 4.84. The SMILES string of the molecule is Cc1ccc(C)c(S(=O)(=O)Nc2ccc(C(=O)OC(C)c3nc4ccccc4c(=O)[nH]3)cc2)c1. The quantitative estimate of drug-likeness (QED) is 0.401. The molecule has 8 nitrogen and oxygen atoms in total. The second-order valence-corrected chi connectivity index (χ2v) is 9.62. The van der Waals surface area contributed by atoms with E-state index >= 15 is 0 Å². The third-order valence-electron chi connectivity index (χ3n) is 5.31. The van der Waals surface area contributed by atoms with Gasteiger partial charge in [-0.25, -0.2) is 18.2 Å². The molecule has 0 radical (unpaired) electrons. The maximum atomic E-state index is 12.8. The number of rotatable bonds is 6. The molecular formula is C25H23N3O5S. The Balaban J connectivity index is 1.48. The number of H-pyrrole nitrogens is 1. The molecule has 174 valence electrons. The minimum absolute atomic E-state index is 0.196. The number of para-hydroxylation sites is 1. The Kier molecular flexibility index (Phi) is 6.21. The molecule has 1 unspecified atom stereocenters. The van der Waals surface area contributed by atoms with Gasteiger partial charge in [-0.1, -0.05) is 24.3 Å². The molecule has 0 fully saturated rings. The summed E-state index contributed by atoms with van der Waals surface area (Å²) in [4.78, 5) is 32.1. The number of benzene rings is 3. The van der Waals surface area contributed by atoms with E-state index in [1.165, 1.54) is 24.3 Å². The molecular weight excluding hydrogens is 454 g/mol. The molecule has 34 heavy (non-hydrogen) atoms. The molecule has 0 bridgehead atoms. The fourth-order valence-corrected chi connectivity index (χ4v) is 4.85. The van der Waals surface area contributed by atoms with E-state index in [-0.39, 0.29) is 21.8 Å². The van der Waals surface area contributed by atoms with Crippen LogP contribution in [0.15, 0.2) is 76.4 Å². The van der Waals surface area contributed by atoms with Crippen LogP contribution >= 0.6 is 0 Å². The first-order valence-electron chi connectivity index (χ1n) is 10.5. The van der Waals surface area contributed by atoms with Crippen LogP contribution in [0.4, 0.5) is 5.69 Å². The highest BCUT2D eigenvalue weighted by molar-refractivity contribution is 7.92. The zero-order chi connectivity index (χ0) is 24.5. The number of ether oxygens (including phenoxy) is 1. The van der Waals surface area contributed by atoms with Crippen molar-refractivity contribution in [1.82, 2.24) is 9.97 Å². The van der Waals surface area contributed by atoms with Crippen LogP contribution < -0.4 is 10.3 Å². The summed E-state index contributed by atoms with van der Waals surface area (Å²) >= 11 is 0. The maximum Gasteiger partial charge on any atom is 0.338 e. The average Bonchev–Trinajstić information content (AvgIpc) is 2.80. The van der Waals surface area contributed by atoms with Gasteiger partial charge in [-0.05, 0) is 74.4 Å². The van der Waals surface area contributed by atoms with Gasteiger partial charge in [-0.15, -0.1) is 0 Å². The van der Waals surface area contributed by atoms with Crippen LogP contribution in [0.3, 0.4) is 0 Å². The van der Waals surface area contributed by atoms with Crippen molar-refractivity contribution < 1.29 is 17.9 Å². The van der Waals surface area contributed by atoms with E-state index in [0.717, 1.165) is 5.56 Å². The molecule has 0 amide bonds. The van der Waals surface area contributed by atoms with Crippen molar-refractivity contribution in [3.05, 3.63) is 99.6 Å². The van der Waals surface area contributed by atoms with E-state index in [1.807, 2.05) is 13.0 Å². The van der Waals surface area contributed by atoms with Gasteiger partial charge in [-0.3, -0.25) is 9.52 Å². The summed E-state index contributed by atoms with van der Waals surface area (Å²) < 4.78 is 33.5. The molecule has 1 heterocycles. The fourth-order valence-electron chi connectivity index (χ4n) is 3.46. The minimum atomic E-state index is -3.78. The van der Waals surface area contributed by atoms with Crippen LogP contribution in [0.1, 0.15) is 40.3 Å². The molecule has 1 aromatic heterocycles. The van der Waals surface area contributed by atoms with Gasteiger partial charge in [0.2, 0.25) is 0 Å². The van der Waals surface area contributed by atoms with E-state index < -0.39 is 22.1 Å². The Morgan fingerprint density at radius 2 is 1.74 bits per heavy atom. The Morgan fingerprint density at radius 1 is 1.03 bits per heavy atom. The summed E-state index contributed by atoms with van der Waals surface area (Å²) in [5, 5.41) is 0.448. The highest BCUT2D eigenvalue weighted by Crippen LogP contribution is 2.22. The van der Waals surface area contributed by atoms with Crippen molar-refractivity contribution in [1.29, 1.82) is 0 Å². The number of carbonyl (C=O) groups excluding carboxylic acids is 1. The first-order chi connectivity index (χ1) is 16.1. The van der Waals surface area contributed by atoms with Crippen molar-refractivity contribution in [3.8, 4) is 0 Å². The number of aryl methyl sites for hydroxylation is 2. The Hall–Kier alpha value is -3.98. The second kappa shape index (κ2) is 9.11. The van der Waals surface area contributed by atoms with Gasteiger partial charge in [-0.2, -0.15) is 0 Å². The maximum absolute atomic E-state index is 12.8. The smallest absolute Gasteiger partial charge is 0.338 e. The lowest BCUT2D eigenvalue weighted by Gasteiger charge is -2.14. The number of anilines is 1. The standard InChI is InChI=1S/C25H23N3O5S/c1-15-8-9-16(2)22(14-15)34(31,32)28-19-12-10-18(11-13-19)25(30)33-17(3)23-26-21-7-5-4-6-20(21)24(29)27-23/h4-14,17,28H,1-3H3,(H,26,27,29). The van der Waals surface area contributed by atoms with Gasteiger partial charge in [0.15, 0.2) is 11.9 Å². The molecule has 4 aromatic rings. The molecule has 4 rings (SSSR count). The minimum Gasteiger partial charge on any atom is -0.451 e. The van der Waals surface area contributed by atoms with Crippen LogP contribution in [0.2, 0.25) is 0 Å². The largest absolute Gasteiger partial charge is 0.451 e.